The van der Waals surface area contributed by atoms with Crippen LogP contribution < -0.4 is 0 Å². The van der Waals surface area contributed by atoms with Crippen LogP contribution in [0.4, 0.5) is 0 Å². The minimum Gasteiger partial charge on any atom is -0.393 e. The molecule has 17 heavy (non-hydrogen) atoms. The monoisotopic (exact) mass is 238 g/mol. The van der Waals surface area contributed by atoms with Gasteiger partial charge in [0.25, 0.3) is 0 Å². The van der Waals surface area contributed by atoms with E-state index in [4.69, 9.17) is 0 Å². The maximum Gasteiger partial charge on any atom is 0.0759 e. The average molecular weight is 238 g/mol. The Hall–Kier alpha value is -0.0800. The molecule has 0 amide bonds. The predicted molar refractivity (Wildman–Crippen MR) is 67.5 cm³/mol. The third-order valence-corrected chi connectivity index (χ3v) is 7.01. The normalized spacial score (nSPS) is 60.4. The summed E-state index contributed by atoms with van der Waals surface area (Å²) in [6, 6.07) is 0. The van der Waals surface area contributed by atoms with Crippen molar-refractivity contribution in [2.75, 3.05) is 0 Å². The van der Waals surface area contributed by atoms with Gasteiger partial charge in [0.15, 0.2) is 0 Å². The Bertz CT molecular complexity index is 351. The first-order valence-electron chi connectivity index (χ1n) is 7.14. The first-order chi connectivity index (χ1) is 7.74. The van der Waals surface area contributed by atoms with E-state index in [1.807, 2.05) is 0 Å². The van der Waals surface area contributed by atoms with Gasteiger partial charge in [0.1, 0.15) is 0 Å². The van der Waals surface area contributed by atoms with E-state index in [9.17, 15) is 10.2 Å². The van der Waals surface area contributed by atoms with Crippen molar-refractivity contribution in [1.82, 2.24) is 0 Å². The van der Waals surface area contributed by atoms with Gasteiger partial charge < -0.3 is 10.2 Å². The first kappa shape index (κ1) is 12.0. The second kappa shape index (κ2) is 3.08. The molecule has 0 unspecified atom stereocenters. The fourth-order valence-corrected chi connectivity index (χ4v) is 5.82. The molecule has 2 nitrogen and oxygen atoms in total. The summed E-state index contributed by atoms with van der Waals surface area (Å²) < 4.78 is 0. The molecule has 98 valence electrons. The Morgan fingerprint density at radius 1 is 1.12 bits per heavy atom. The highest BCUT2D eigenvalue weighted by molar-refractivity contribution is 5.21. The van der Waals surface area contributed by atoms with E-state index in [-0.39, 0.29) is 22.9 Å². The Morgan fingerprint density at radius 2 is 1.76 bits per heavy atom. The molecule has 6 atom stereocenters. The topological polar surface area (TPSA) is 40.5 Å². The Labute approximate surface area is 104 Å². The molecule has 0 aliphatic heterocycles. The molecule has 4 aliphatic carbocycles. The van der Waals surface area contributed by atoms with Crippen molar-refractivity contribution in [3.63, 3.8) is 0 Å². The van der Waals surface area contributed by atoms with Crippen LogP contribution in [-0.4, -0.2) is 21.9 Å². The zero-order valence-corrected chi connectivity index (χ0v) is 11.5. The van der Waals surface area contributed by atoms with Crippen molar-refractivity contribution in [1.29, 1.82) is 0 Å². The summed E-state index contributed by atoms with van der Waals surface area (Å²) in [5.41, 5.74) is -0.794. The summed E-state index contributed by atoms with van der Waals surface area (Å²) in [5, 5.41) is 21.6. The SMILES string of the molecule is C[C@H]1CC[C@@]2(O)C(C)(C)[C@H]3C[C@@H]1[C@]2(C)C[C@H]3O. The summed E-state index contributed by atoms with van der Waals surface area (Å²) in [5.74, 6) is 1.58. The number of hydrogen-bond acceptors (Lipinski definition) is 2. The van der Waals surface area contributed by atoms with Gasteiger partial charge in [-0.05, 0) is 48.9 Å². The second-order valence-corrected chi connectivity index (χ2v) is 7.74. The molecule has 4 saturated carbocycles. The van der Waals surface area contributed by atoms with Gasteiger partial charge in [-0.2, -0.15) is 0 Å². The van der Waals surface area contributed by atoms with Crippen molar-refractivity contribution < 1.29 is 10.2 Å². The summed E-state index contributed by atoms with van der Waals surface area (Å²) in [6.07, 6.45) is 3.75. The zero-order valence-electron chi connectivity index (χ0n) is 11.5. The van der Waals surface area contributed by atoms with Crippen LogP contribution in [0.5, 0.6) is 0 Å². The lowest BCUT2D eigenvalue weighted by molar-refractivity contribution is -0.315. The largest absolute Gasteiger partial charge is 0.393 e. The van der Waals surface area contributed by atoms with Crippen molar-refractivity contribution in [2.24, 2.45) is 28.6 Å². The molecule has 2 N–H and O–H groups in total. The molecule has 0 aromatic rings. The molecule has 4 bridgehead atoms. The highest BCUT2D eigenvalue weighted by Gasteiger charge is 2.72. The number of fused-ring (bicyclic) bond motifs is 1. The van der Waals surface area contributed by atoms with E-state index in [0.717, 1.165) is 25.7 Å². The summed E-state index contributed by atoms with van der Waals surface area (Å²) in [7, 11) is 0. The highest BCUT2D eigenvalue weighted by atomic mass is 16.3. The van der Waals surface area contributed by atoms with Crippen LogP contribution in [0.1, 0.15) is 53.4 Å². The number of hydrogen-bond donors (Lipinski definition) is 2. The molecule has 0 aromatic heterocycles. The van der Waals surface area contributed by atoms with Crippen molar-refractivity contribution in [2.45, 2.75) is 65.1 Å². The minimum atomic E-state index is -0.570. The lowest BCUT2D eigenvalue weighted by Crippen LogP contribution is -2.74. The maximum absolute atomic E-state index is 11.3. The minimum absolute atomic E-state index is 0.0810. The standard InChI is InChI=1S/C15H26O2/c1-9-5-6-15(17)13(2,3)11-7-10(9)14(15,4)8-12(11)16/h9-12,16-17H,5-8H2,1-4H3/t9-,10-,11-,12+,14-,15+/m0/s1. The van der Waals surface area contributed by atoms with E-state index >= 15 is 0 Å². The van der Waals surface area contributed by atoms with E-state index in [0.29, 0.717) is 11.8 Å². The molecule has 4 fully saturated rings. The summed E-state index contributed by atoms with van der Waals surface area (Å²) >= 11 is 0. The smallest absolute Gasteiger partial charge is 0.0759 e. The number of rotatable bonds is 0. The fraction of sp³-hybridized carbons (Fsp3) is 1.00. The molecule has 0 aromatic carbocycles. The number of aliphatic hydroxyl groups is 2. The Balaban J connectivity index is 2.14. The van der Waals surface area contributed by atoms with Gasteiger partial charge in [-0.25, -0.2) is 0 Å². The summed E-state index contributed by atoms with van der Waals surface area (Å²) in [4.78, 5) is 0. The van der Waals surface area contributed by atoms with Gasteiger partial charge in [-0.15, -0.1) is 0 Å². The summed E-state index contributed by atoms with van der Waals surface area (Å²) in [6.45, 7) is 8.90. The third kappa shape index (κ3) is 1.10. The van der Waals surface area contributed by atoms with Gasteiger partial charge in [-0.3, -0.25) is 0 Å². The number of aliphatic hydroxyl groups excluding tert-OH is 1. The lowest BCUT2D eigenvalue weighted by Gasteiger charge is -2.72. The van der Waals surface area contributed by atoms with E-state index in [1.165, 1.54) is 0 Å². The molecular formula is C15H26O2. The quantitative estimate of drug-likeness (QED) is 0.681. The second-order valence-electron chi connectivity index (χ2n) is 7.74. The Morgan fingerprint density at radius 3 is 2.41 bits per heavy atom. The van der Waals surface area contributed by atoms with Gasteiger partial charge in [0.05, 0.1) is 11.7 Å². The third-order valence-electron chi connectivity index (χ3n) is 7.01. The van der Waals surface area contributed by atoms with Crippen LogP contribution in [0.25, 0.3) is 0 Å². The fourth-order valence-electron chi connectivity index (χ4n) is 5.82. The van der Waals surface area contributed by atoms with Crippen LogP contribution >= 0.6 is 0 Å². The van der Waals surface area contributed by atoms with E-state index in [1.54, 1.807) is 0 Å². The van der Waals surface area contributed by atoms with Gasteiger partial charge in [0, 0.05) is 5.41 Å². The molecule has 0 radical (unpaired) electrons. The van der Waals surface area contributed by atoms with Crippen LogP contribution in [0.2, 0.25) is 0 Å². The Kier molecular flexibility index (Phi) is 2.17. The highest BCUT2D eigenvalue weighted by Crippen LogP contribution is 2.71. The molecule has 0 heterocycles. The predicted octanol–water partition coefficient (Wildman–Crippen LogP) is 2.58. The van der Waals surface area contributed by atoms with Crippen molar-refractivity contribution in [3.05, 3.63) is 0 Å². The zero-order chi connectivity index (χ0) is 12.6. The molecule has 4 rings (SSSR count). The molecule has 2 heteroatoms. The van der Waals surface area contributed by atoms with E-state index in [2.05, 4.69) is 27.7 Å². The van der Waals surface area contributed by atoms with Crippen LogP contribution in [0, 0.1) is 28.6 Å². The first-order valence-corrected chi connectivity index (χ1v) is 7.14. The van der Waals surface area contributed by atoms with Crippen LogP contribution in [0.3, 0.4) is 0 Å². The van der Waals surface area contributed by atoms with Crippen LogP contribution in [0.15, 0.2) is 0 Å². The lowest BCUT2D eigenvalue weighted by atomic mass is 9.35. The van der Waals surface area contributed by atoms with Gasteiger partial charge >= 0.3 is 0 Å². The maximum atomic E-state index is 11.3. The molecule has 4 aliphatic rings. The molecule has 0 saturated heterocycles. The van der Waals surface area contributed by atoms with Gasteiger partial charge in [-0.1, -0.05) is 27.7 Å². The van der Waals surface area contributed by atoms with Gasteiger partial charge in [0.2, 0.25) is 0 Å². The van der Waals surface area contributed by atoms with Crippen LogP contribution in [-0.2, 0) is 0 Å². The van der Waals surface area contributed by atoms with Crippen molar-refractivity contribution in [3.8, 4) is 0 Å². The molecular weight excluding hydrogens is 212 g/mol. The average Bonchev–Trinajstić information content (AvgIpc) is 2.21. The molecule has 0 spiro atoms. The van der Waals surface area contributed by atoms with Crippen molar-refractivity contribution >= 4 is 0 Å². The van der Waals surface area contributed by atoms with E-state index < -0.39 is 5.60 Å².